The van der Waals surface area contributed by atoms with E-state index in [0.717, 1.165) is 14.5 Å². The number of carbonyl (C=O) groups excluding carboxylic acids is 1. The molecule has 0 aromatic carbocycles. The minimum atomic E-state index is -1.10. The van der Waals surface area contributed by atoms with Gasteiger partial charge in [0, 0.05) is 28.5 Å². The van der Waals surface area contributed by atoms with Gasteiger partial charge >= 0.3 is 6.09 Å². The summed E-state index contributed by atoms with van der Waals surface area (Å²) >= 11 is 2.12. The SMILES string of the molecule is NC(=O)/C=C/CN(CCOc1ccc(I)cn1)C(=O)O. The number of carboxylic acid groups (broad SMARTS) is 1. The summed E-state index contributed by atoms with van der Waals surface area (Å²) in [5.74, 6) is -0.182. The molecule has 1 heterocycles. The van der Waals surface area contributed by atoms with Gasteiger partial charge in [0.2, 0.25) is 11.8 Å². The predicted octanol–water partition coefficient (Wildman–Crippen LogP) is 1.09. The monoisotopic (exact) mass is 391 g/mol. The van der Waals surface area contributed by atoms with Gasteiger partial charge in [-0.05, 0) is 28.7 Å². The molecule has 0 radical (unpaired) electrons. The minimum absolute atomic E-state index is 0.0712. The Morgan fingerprint density at radius 2 is 2.25 bits per heavy atom. The number of pyridine rings is 1. The lowest BCUT2D eigenvalue weighted by Gasteiger charge is -2.17. The maximum atomic E-state index is 11.0. The average molecular weight is 391 g/mol. The molecule has 108 valence electrons. The van der Waals surface area contributed by atoms with Crippen molar-refractivity contribution in [1.82, 2.24) is 9.88 Å². The third-order valence-electron chi connectivity index (χ3n) is 2.19. The van der Waals surface area contributed by atoms with Crippen LogP contribution in [-0.4, -0.2) is 46.7 Å². The fourth-order valence-electron chi connectivity index (χ4n) is 1.27. The fraction of sp³-hybridized carbons (Fsp3) is 0.250. The van der Waals surface area contributed by atoms with Crippen molar-refractivity contribution < 1.29 is 19.4 Å². The second-order valence-corrected chi connectivity index (χ2v) is 4.94. The molecule has 1 rings (SSSR count). The van der Waals surface area contributed by atoms with E-state index in [1.807, 2.05) is 6.07 Å². The lowest BCUT2D eigenvalue weighted by molar-refractivity contribution is -0.113. The molecule has 1 aromatic heterocycles. The molecule has 0 aliphatic rings. The number of nitrogens with two attached hydrogens (primary N) is 1. The molecule has 0 bridgehead atoms. The largest absolute Gasteiger partial charge is 0.476 e. The van der Waals surface area contributed by atoms with Crippen molar-refractivity contribution in [2.45, 2.75) is 0 Å². The topological polar surface area (TPSA) is 106 Å². The van der Waals surface area contributed by atoms with Gasteiger partial charge in [0.15, 0.2) is 0 Å². The van der Waals surface area contributed by atoms with Gasteiger partial charge in [-0.1, -0.05) is 6.08 Å². The van der Waals surface area contributed by atoms with Crippen molar-refractivity contribution >= 4 is 34.6 Å². The van der Waals surface area contributed by atoms with Crippen LogP contribution in [0, 0.1) is 3.57 Å². The number of nitrogens with zero attached hydrogens (tertiary/aromatic N) is 2. The molecule has 0 saturated heterocycles. The van der Waals surface area contributed by atoms with Gasteiger partial charge in [-0.2, -0.15) is 0 Å². The van der Waals surface area contributed by atoms with E-state index in [1.165, 1.54) is 6.08 Å². The van der Waals surface area contributed by atoms with E-state index in [0.29, 0.717) is 5.88 Å². The first-order chi connectivity index (χ1) is 9.49. The number of amides is 2. The Morgan fingerprint density at radius 1 is 1.50 bits per heavy atom. The van der Waals surface area contributed by atoms with Crippen LogP contribution in [-0.2, 0) is 4.79 Å². The van der Waals surface area contributed by atoms with Crippen molar-refractivity contribution in [2.24, 2.45) is 5.73 Å². The highest BCUT2D eigenvalue weighted by molar-refractivity contribution is 14.1. The number of aromatic nitrogens is 1. The molecule has 0 aliphatic carbocycles. The summed E-state index contributed by atoms with van der Waals surface area (Å²) in [6.07, 6.45) is 3.07. The number of rotatable bonds is 7. The molecule has 0 fully saturated rings. The Labute approximate surface area is 129 Å². The van der Waals surface area contributed by atoms with E-state index < -0.39 is 12.0 Å². The average Bonchev–Trinajstić information content (AvgIpc) is 2.38. The second-order valence-electron chi connectivity index (χ2n) is 3.70. The summed E-state index contributed by atoms with van der Waals surface area (Å²) in [5, 5.41) is 8.98. The van der Waals surface area contributed by atoms with Crippen molar-refractivity contribution in [2.75, 3.05) is 19.7 Å². The van der Waals surface area contributed by atoms with E-state index in [2.05, 4.69) is 27.6 Å². The standard InChI is InChI=1S/C12H14IN3O4/c13-9-3-4-11(15-8-9)20-7-6-16(12(18)19)5-1-2-10(14)17/h1-4,8H,5-7H2,(H2,14,17)(H,18,19)/b2-1+. The minimum Gasteiger partial charge on any atom is -0.476 e. The fourth-order valence-corrected chi connectivity index (χ4v) is 1.59. The van der Waals surface area contributed by atoms with Crippen LogP contribution in [0.2, 0.25) is 0 Å². The summed E-state index contributed by atoms with van der Waals surface area (Å²) < 4.78 is 6.32. The molecular formula is C12H14IN3O4. The molecule has 8 heteroatoms. The smallest absolute Gasteiger partial charge is 0.407 e. The van der Waals surface area contributed by atoms with E-state index >= 15 is 0 Å². The molecule has 3 N–H and O–H groups in total. The van der Waals surface area contributed by atoms with Gasteiger partial charge in [0.1, 0.15) is 6.61 Å². The zero-order chi connectivity index (χ0) is 15.0. The zero-order valence-corrected chi connectivity index (χ0v) is 12.7. The van der Waals surface area contributed by atoms with Crippen LogP contribution in [0.3, 0.4) is 0 Å². The van der Waals surface area contributed by atoms with Crippen LogP contribution in [0.1, 0.15) is 0 Å². The number of hydrogen-bond donors (Lipinski definition) is 2. The van der Waals surface area contributed by atoms with Gasteiger partial charge in [0.25, 0.3) is 0 Å². The number of hydrogen-bond acceptors (Lipinski definition) is 4. The Hall–Kier alpha value is -1.84. The van der Waals surface area contributed by atoms with Crippen LogP contribution < -0.4 is 10.5 Å². The molecular weight excluding hydrogens is 377 g/mol. The lowest BCUT2D eigenvalue weighted by Crippen LogP contribution is -2.33. The van der Waals surface area contributed by atoms with Crippen LogP contribution in [0.5, 0.6) is 5.88 Å². The Morgan fingerprint density at radius 3 is 2.80 bits per heavy atom. The van der Waals surface area contributed by atoms with Crippen LogP contribution in [0.25, 0.3) is 0 Å². The summed E-state index contributed by atoms with van der Waals surface area (Å²) in [7, 11) is 0. The van der Waals surface area contributed by atoms with Crippen molar-refractivity contribution in [3.63, 3.8) is 0 Å². The molecule has 20 heavy (non-hydrogen) atoms. The highest BCUT2D eigenvalue weighted by atomic mass is 127. The van der Waals surface area contributed by atoms with Crippen LogP contribution in [0.15, 0.2) is 30.5 Å². The van der Waals surface area contributed by atoms with E-state index in [1.54, 1.807) is 12.3 Å². The second kappa shape index (κ2) is 8.35. The first-order valence-electron chi connectivity index (χ1n) is 5.67. The van der Waals surface area contributed by atoms with Crippen LogP contribution >= 0.6 is 22.6 Å². The molecule has 0 unspecified atom stereocenters. The summed E-state index contributed by atoms with van der Waals surface area (Å²) in [4.78, 5) is 26.6. The van der Waals surface area contributed by atoms with E-state index in [9.17, 15) is 9.59 Å². The molecule has 7 nitrogen and oxygen atoms in total. The molecule has 0 atom stereocenters. The zero-order valence-electron chi connectivity index (χ0n) is 10.5. The Kier molecular flexibility index (Phi) is 6.77. The number of primary amides is 1. The Balaban J connectivity index is 2.41. The first-order valence-corrected chi connectivity index (χ1v) is 6.75. The maximum absolute atomic E-state index is 11.0. The molecule has 0 saturated carbocycles. The van der Waals surface area contributed by atoms with Crippen LogP contribution in [0.4, 0.5) is 4.79 Å². The number of halogens is 1. The number of ether oxygens (including phenoxy) is 1. The molecule has 0 spiro atoms. The highest BCUT2D eigenvalue weighted by Gasteiger charge is 2.09. The quantitative estimate of drug-likeness (QED) is 0.535. The van der Waals surface area contributed by atoms with Gasteiger partial charge < -0.3 is 20.5 Å². The van der Waals surface area contributed by atoms with Gasteiger partial charge in [-0.3, -0.25) is 4.79 Å². The number of carbonyl (C=O) groups is 2. The highest BCUT2D eigenvalue weighted by Crippen LogP contribution is 2.09. The Bertz CT molecular complexity index is 490. The van der Waals surface area contributed by atoms with Crippen molar-refractivity contribution in [3.8, 4) is 5.88 Å². The van der Waals surface area contributed by atoms with E-state index in [-0.39, 0.29) is 19.7 Å². The predicted molar refractivity (Wildman–Crippen MR) is 80.4 cm³/mol. The molecule has 0 aliphatic heterocycles. The van der Waals surface area contributed by atoms with E-state index in [4.69, 9.17) is 15.6 Å². The van der Waals surface area contributed by atoms with Gasteiger partial charge in [0.05, 0.1) is 6.54 Å². The van der Waals surface area contributed by atoms with Crippen molar-refractivity contribution in [3.05, 3.63) is 34.1 Å². The molecule has 1 aromatic rings. The summed E-state index contributed by atoms with van der Waals surface area (Å²) in [6.45, 7) is 0.401. The third kappa shape index (κ3) is 6.36. The van der Waals surface area contributed by atoms with Crippen molar-refractivity contribution in [1.29, 1.82) is 0 Å². The first kappa shape index (κ1) is 16.2. The van der Waals surface area contributed by atoms with Gasteiger partial charge in [-0.15, -0.1) is 0 Å². The van der Waals surface area contributed by atoms with Gasteiger partial charge in [-0.25, -0.2) is 9.78 Å². The molecule has 2 amide bonds. The normalized spacial score (nSPS) is 10.4. The third-order valence-corrected chi connectivity index (χ3v) is 2.83. The summed E-state index contributed by atoms with van der Waals surface area (Å²) in [6, 6.07) is 3.55. The summed E-state index contributed by atoms with van der Waals surface area (Å²) in [5.41, 5.74) is 4.92. The lowest BCUT2D eigenvalue weighted by atomic mass is 10.4. The maximum Gasteiger partial charge on any atom is 0.407 e.